The van der Waals surface area contributed by atoms with Gasteiger partial charge in [0.05, 0.1) is 6.20 Å². The van der Waals surface area contributed by atoms with E-state index in [1.54, 1.807) is 0 Å². The summed E-state index contributed by atoms with van der Waals surface area (Å²) in [6.07, 6.45) is 5.97. The summed E-state index contributed by atoms with van der Waals surface area (Å²) in [7, 11) is 0. The van der Waals surface area contributed by atoms with Crippen LogP contribution in [0.1, 0.15) is 13.3 Å². The summed E-state index contributed by atoms with van der Waals surface area (Å²) in [5.41, 5.74) is 1.29. The van der Waals surface area contributed by atoms with E-state index in [2.05, 4.69) is 18.1 Å². The zero-order chi connectivity index (χ0) is 4.41. The molecule has 0 unspecified atom stereocenters. The van der Waals surface area contributed by atoms with Gasteiger partial charge in [0.25, 0.3) is 0 Å². The van der Waals surface area contributed by atoms with E-state index in [9.17, 15) is 0 Å². The van der Waals surface area contributed by atoms with Crippen LogP contribution >= 0.6 is 0 Å². The predicted molar refractivity (Wildman–Crippen MR) is 24.3 cm³/mol. The van der Waals surface area contributed by atoms with E-state index in [0.29, 0.717) is 0 Å². The fraction of sp³-hybridized carbons (Fsp3) is 0.400. The van der Waals surface area contributed by atoms with Crippen molar-refractivity contribution < 1.29 is 4.99 Å². The largest absolute Gasteiger partial charge is 0.323 e. The highest BCUT2D eigenvalue weighted by molar-refractivity contribution is 5.76. The van der Waals surface area contributed by atoms with Gasteiger partial charge in [0, 0.05) is 0 Å². The highest BCUT2D eigenvalue weighted by Gasteiger charge is 1.92. The molecule has 0 aromatic carbocycles. The first-order chi connectivity index (χ1) is 2.93. The Morgan fingerprint density at radius 1 is 2.00 bits per heavy atom. The molecule has 0 spiro atoms. The summed E-state index contributed by atoms with van der Waals surface area (Å²) in [6.45, 7) is 2.11. The smallest absolute Gasteiger partial charge is 0.121 e. The molecule has 0 fully saturated rings. The fourth-order valence-electron chi connectivity index (χ4n) is 0.365. The average Bonchev–Trinajstić information content (AvgIpc) is 1.31. The van der Waals surface area contributed by atoms with Crippen LogP contribution in [0, 0.1) is 0 Å². The van der Waals surface area contributed by atoms with Gasteiger partial charge in [-0.25, -0.2) is 0 Å². The number of hydrogen-bond donors (Lipinski definition) is 1. The summed E-state index contributed by atoms with van der Waals surface area (Å²) in [5.74, 6) is 0. The van der Waals surface area contributed by atoms with Crippen molar-refractivity contribution in [3.63, 3.8) is 0 Å². The minimum atomic E-state index is 1.10. The van der Waals surface area contributed by atoms with Gasteiger partial charge < -0.3 is 4.99 Å². The number of rotatable bonds is 1. The minimum absolute atomic E-state index is 1.10. The van der Waals surface area contributed by atoms with Crippen LogP contribution < -0.4 is 4.99 Å². The second-order valence-corrected chi connectivity index (χ2v) is 1.29. The monoisotopic (exact) mass is 81.1 g/mol. The Labute approximate surface area is 37.4 Å². The molecule has 6 heavy (non-hydrogen) atoms. The van der Waals surface area contributed by atoms with Gasteiger partial charge in [-0.1, -0.05) is 6.92 Å². The second kappa shape index (κ2) is 1.25. The Kier molecular flexibility index (Phi) is 0.748. The van der Waals surface area contributed by atoms with E-state index >= 15 is 0 Å². The molecule has 1 nitrogen and oxygen atoms in total. The summed E-state index contributed by atoms with van der Waals surface area (Å²) < 4.78 is 0. The van der Waals surface area contributed by atoms with Gasteiger partial charge in [-0.3, -0.25) is 0 Å². The molecule has 1 heteroatoms. The average molecular weight is 81.1 g/mol. The SMILES string of the molecule is CCC1=C[NH+]=[C-]1. The van der Waals surface area contributed by atoms with Crippen LogP contribution in [0.2, 0.25) is 0 Å². The van der Waals surface area contributed by atoms with Crippen LogP contribution in [0.25, 0.3) is 0 Å². The van der Waals surface area contributed by atoms with Crippen molar-refractivity contribution in [3.05, 3.63) is 11.8 Å². The van der Waals surface area contributed by atoms with E-state index in [-0.39, 0.29) is 0 Å². The number of hydrogen-bond acceptors (Lipinski definition) is 0. The number of nitrogens with one attached hydrogen (secondary N) is 1. The van der Waals surface area contributed by atoms with Gasteiger partial charge in [-0.05, 0) is 12.0 Å². The van der Waals surface area contributed by atoms with Crippen molar-refractivity contribution >= 4 is 6.21 Å². The van der Waals surface area contributed by atoms with Crippen molar-refractivity contribution in [3.8, 4) is 0 Å². The minimum Gasteiger partial charge on any atom is -0.323 e. The van der Waals surface area contributed by atoms with Crippen molar-refractivity contribution in [2.75, 3.05) is 0 Å². The first-order valence-electron chi connectivity index (χ1n) is 2.14. The molecule has 0 aromatic rings. The molecule has 1 heterocycles. The van der Waals surface area contributed by atoms with Crippen LogP contribution in [0.4, 0.5) is 0 Å². The van der Waals surface area contributed by atoms with Gasteiger partial charge in [-0.2, -0.15) is 0 Å². The van der Waals surface area contributed by atoms with Gasteiger partial charge in [0.15, 0.2) is 0 Å². The van der Waals surface area contributed by atoms with Gasteiger partial charge in [0.1, 0.15) is 6.21 Å². The summed E-state index contributed by atoms with van der Waals surface area (Å²) in [5, 5.41) is 0. The highest BCUT2D eigenvalue weighted by Crippen LogP contribution is 1.91. The molecule has 0 aromatic heterocycles. The lowest BCUT2D eigenvalue weighted by Gasteiger charge is -1.97. The van der Waals surface area contributed by atoms with Crippen molar-refractivity contribution in [2.45, 2.75) is 13.3 Å². The van der Waals surface area contributed by atoms with E-state index in [4.69, 9.17) is 0 Å². The Bertz CT molecular complexity index is 101. The summed E-state index contributed by atoms with van der Waals surface area (Å²) >= 11 is 0. The second-order valence-electron chi connectivity index (χ2n) is 1.29. The maximum absolute atomic E-state index is 2.91. The molecule has 0 saturated carbocycles. The number of allylic oxidation sites excluding steroid dienone is 1. The Hall–Kier alpha value is -0.590. The lowest BCUT2D eigenvalue weighted by Crippen LogP contribution is -2.67. The quantitative estimate of drug-likeness (QED) is 0.402. The van der Waals surface area contributed by atoms with E-state index < -0.39 is 0 Å². The van der Waals surface area contributed by atoms with E-state index in [1.165, 1.54) is 5.57 Å². The van der Waals surface area contributed by atoms with Crippen molar-refractivity contribution in [1.29, 1.82) is 0 Å². The third-order valence-corrected chi connectivity index (χ3v) is 0.860. The van der Waals surface area contributed by atoms with Crippen LogP contribution in [-0.2, 0) is 0 Å². The van der Waals surface area contributed by atoms with E-state index in [0.717, 1.165) is 6.42 Å². The van der Waals surface area contributed by atoms with Gasteiger partial charge in [-0.15, -0.1) is 0 Å². The highest BCUT2D eigenvalue weighted by atomic mass is 14.7. The molecule has 0 bridgehead atoms. The van der Waals surface area contributed by atoms with Crippen LogP contribution in [0.3, 0.4) is 0 Å². The molecule has 0 radical (unpaired) electrons. The lowest BCUT2D eigenvalue weighted by molar-refractivity contribution is -0.380. The topological polar surface area (TPSA) is 14.0 Å². The fourth-order valence-corrected chi connectivity index (χ4v) is 0.365. The van der Waals surface area contributed by atoms with E-state index in [1.807, 2.05) is 6.20 Å². The maximum Gasteiger partial charge on any atom is 0.121 e. The molecule has 0 amide bonds. The zero-order valence-corrected chi connectivity index (χ0v) is 3.78. The van der Waals surface area contributed by atoms with Crippen molar-refractivity contribution in [1.82, 2.24) is 0 Å². The molecule has 1 N–H and O–H groups in total. The first-order valence-corrected chi connectivity index (χ1v) is 2.14. The molecule has 1 aliphatic heterocycles. The molecule has 1 aliphatic rings. The molecule has 1 rings (SSSR count). The predicted octanol–water partition coefficient (Wildman–Crippen LogP) is -0.678. The molecule has 32 valence electrons. The molecular weight excluding hydrogens is 74.1 g/mol. The summed E-state index contributed by atoms with van der Waals surface area (Å²) in [6, 6.07) is 0. The maximum atomic E-state index is 2.91. The van der Waals surface area contributed by atoms with Crippen LogP contribution in [0.15, 0.2) is 11.8 Å². The zero-order valence-electron chi connectivity index (χ0n) is 3.78. The Morgan fingerprint density at radius 2 is 2.67 bits per heavy atom. The summed E-state index contributed by atoms with van der Waals surface area (Å²) in [4.78, 5) is 2.80. The standard InChI is InChI=1S/C5H7N/c1-2-5-3-6-4-5/h3,6H,2H2,1H3. The molecule has 0 aliphatic carbocycles. The van der Waals surface area contributed by atoms with Crippen LogP contribution in [0.5, 0.6) is 0 Å². The Morgan fingerprint density at radius 3 is 2.67 bits per heavy atom. The Balaban J connectivity index is 2.37. The molecule has 0 saturated heterocycles. The van der Waals surface area contributed by atoms with Gasteiger partial charge in [0.2, 0.25) is 0 Å². The normalized spacial score (nSPS) is 16.5. The molecule has 0 atom stereocenters. The van der Waals surface area contributed by atoms with Gasteiger partial charge >= 0.3 is 0 Å². The third kappa shape index (κ3) is 0.361. The van der Waals surface area contributed by atoms with Crippen molar-refractivity contribution in [2.24, 2.45) is 0 Å². The molecular formula is C5H7N. The first kappa shape index (κ1) is 3.59. The lowest BCUT2D eigenvalue weighted by atomic mass is 10.2. The van der Waals surface area contributed by atoms with Crippen LogP contribution in [-0.4, -0.2) is 6.21 Å². The third-order valence-electron chi connectivity index (χ3n) is 0.860.